The second-order valence-electron chi connectivity index (χ2n) is 6.20. The van der Waals surface area contributed by atoms with Crippen LogP contribution in [0.5, 0.6) is 0 Å². The molecule has 0 bridgehead atoms. The Labute approximate surface area is 135 Å². The van der Waals surface area contributed by atoms with Gasteiger partial charge in [0.1, 0.15) is 11.6 Å². The summed E-state index contributed by atoms with van der Waals surface area (Å²) in [5.41, 5.74) is 0.924. The molecule has 0 spiro atoms. The maximum atomic E-state index is 12.3. The lowest BCUT2D eigenvalue weighted by Crippen LogP contribution is -2.29. The van der Waals surface area contributed by atoms with Gasteiger partial charge < -0.3 is 14.0 Å². The summed E-state index contributed by atoms with van der Waals surface area (Å²) >= 11 is 0. The van der Waals surface area contributed by atoms with Crippen molar-refractivity contribution < 1.29 is 19.1 Å². The van der Waals surface area contributed by atoms with Gasteiger partial charge in [-0.2, -0.15) is 0 Å². The minimum atomic E-state index is -0.794. The molecule has 0 saturated carbocycles. The van der Waals surface area contributed by atoms with Crippen LogP contribution in [0.2, 0.25) is 0 Å². The third kappa shape index (κ3) is 4.31. The largest absolute Gasteiger partial charge is 0.464 e. The van der Waals surface area contributed by atoms with Crippen LogP contribution in [0, 0.1) is 0 Å². The molecule has 0 aliphatic heterocycles. The SMILES string of the molecule is CCOC(=O)C(CC(=O)OC(C)(C)C)n1cnc2ccccc21. The summed E-state index contributed by atoms with van der Waals surface area (Å²) in [7, 11) is 0. The van der Waals surface area contributed by atoms with Crippen LogP contribution in [-0.2, 0) is 19.1 Å². The van der Waals surface area contributed by atoms with Crippen LogP contribution in [0.1, 0.15) is 40.2 Å². The molecule has 1 unspecified atom stereocenters. The lowest BCUT2D eigenvalue weighted by molar-refractivity contribution is -0.160. The van der Waals surface area contributed by atoms with Gasteiger partial charge in [-0.25, -0.2) is 9.78 Å². The number of carbonyl (C=O) groups excluding carboxylic acids is 2. The number of para-hydroxylation sites is 2. The first kappa shape index (κ1) is 17.0. The number of benzene rings is 1. The smallest absolute Gasteiger partial charge is 0.329 e. The standard InChI is InChI=1S/C17H22N2O4/c1-5-22-16(21)14(10-15(20)23-17(2,3)4)19-11-18-12-8-6-7-9-13(12)19/h6-9,11,14H,5,10H2,1-4H3. The van der Waals surface area contributed by atoms with E-state index in [1.807, 2.05) is 24.3 Å². The van der Waals surface area contributed by atoms with Crippen molar-refractivity contribution in [3.8, 4) is 0 Å². The summed E-state index contributed by atoms with van der Waals surface area (Å²) in [4.78, 5) is 28.7. The predicted molar refractivity (Wildman–Crippen MR) is 85.9 cm³/mol. The summed E-state index contributed by atoms with van der Waals surface area (Å²) in [6, 6.07) is 6.63. The minimum Gasteiger partial charge on any atom is -0.464 e. The predicted octanol–water partition coefficient (Wildman–Crippen LogP) is 2.87. The van der Waals surface area contributed by atoms with Gasteiger partial charge in [0.2, 0.25) is 0 Å². The van der Waals surface area contributed by atoms with Gasteiger partial charge in [0.15, 0.2) is 0 Å². The van der Waals surface area contributed by atoms with Gasteiger partial charge in [-0.1, -0.05) is 12.1 Å². The van der Waals surface area contributed by atoms with Crippen molar-refractivity contribution >= 4 is 23.0 Å². The molecule has 6 nitrogen and oxygen atoms in total. The third-order valence-electron chi connectivity index (χ3n) is 3.16. The van der Waals surface area contributed by atoms with E-state index >= 15 is 0 Å². The van der Waals surface area contributed by atoms with Crippen molar-refractivity contribution in [3.63, 3.8) is 0 Å². The third-order valence-corrected chi connectivity index (χ3v) is 3.16. The Kier molecular flexibility index (Phi) is 5.03. The molecule has 0 fully saturated rings. The van der Waals surface area contributed by atoms with Crippen molar-refractivity contribution in [3.05, 3.63) is 30.6 Å². The molecule has 0 saturated heterocycles. The van der Waals surface area contributed by atoms with Crippen LogP contribution in [0.25, 0.3) is 11.0 Å². The molecule has 1 atom stereocenters. The number of fused-ring (bicyclic) bond motifs is 1. The van der Waals surface area contributed by atoms with Crippen LogP contribution in [0.15, 0.2) is 30.6 Å². The second kappa shape index (κ2) is 6.81. The second-order valence-corrected chi connectivity index (χ2v) is 6.20. The first-order valence-electron chi connectivity index (χ1n) is 7.62. The van der Waals surface area contributed by atoms with E-state index in [0.29, 0.717) is 0 Å². The number of carbonyl (C=O) groups is 2. The van der Waals surface area contributed by atoms with Gasteiger partial charge >= 0.3 is 11.9 Å². The van der Waals surface area contributed by atoms with Crippen molar-refractivity contribution in [1.29, 1.82) is 0 Å². The average Bonchev–Trinajstić information content (AvgIpc) is 2.87. The van der Waals surface area contributed by atoms with Crippen molar-refractivity contribution in [1.82, 2.24) is 9.55 Å². The topological polar surface area (TPSA) is 70.4 Å². The first-order valence-corrected chi connectivity index (χ1v) is 7.62. The zero-order valence-electron chi connectivity index (χ0n) is 13.9. The van der Waals surface area contributed by atoms with Crippen LogP contribution in [0.4, 0.5) is 0 Å². The highest BCUT2D eigenvalue weighted by atomic mass is 16.6. The molecule has 2 rings (SSSR count). The molecule has 124 valence electrons. The summed E-state index contributed by atoms with van der Waals surface area (Å²) in [6.45, 7) is 7.34. The molecule has 23 heavy (non-hydrogen) atoms. The maximum absolute atomic E-state index is 12.3. The molecule has 0 aliphatic carbocycles. The number of hydrogen-bond acceptors (Lipinski definition) is 5. The van der Waals surface area contributed by atoms with E-state index in [4.69, 9.17) is 9.47 Å². The number of nitrogens with zero attached hydrogens (tertiary/aromatic N) is 2. The van der Waals surface area contributed by atoms with Gasteiger partial charge in [0.05, 0.1) is 30.4 Å². The lowest BCUT2D eigenvalue weighted by Gasteiger charge is -2.22. The van der Waals surface area contributed by atoms with E-state index in [-0.39, 0.29) is 13.0 Å². The van der Waals surface area contributed by atoms with Gasteiger partial charge in [-0.3, -0.25) is 4.79 Å². The minimum absolute atomic E-state index is 0.101. The molecule has 0 radical (unpaired) electrons. The van der Waals surface area contributed by atoms with Crippen LogP contribution in [0.3, 0.4) is 0 Å². The van der Waals surface area contributed by atoms with Crippen molar-refractivity contribution in [2.75, 3.05) is 6.61 Å². The van der Waals surface area contributed by atoms with E-state index in [0.717, 1.165) is 11.0 Å². The average molecular weight is 318 g/mol. The van der Waals surface area contributed by atoms with E-state index in [1.165, 1.54) is 0 Å². The zero-order valence-corrected chi connectivity index (χ0v) is 13.9. The molecule has 1 heterocycles. The number of esters is 2. The summed E-state index contributed by atoms with van der Waals surface area (Å²) in [5, 5.41) is 0. The summed E-state index contributed by atoms with van der Waals surface area (Å²) in [5.74, 6) is -0.921. The number of aromatic nitrogens is 2. The van der Waals surface area contributed by atoms with Crippen LogP contribution < -0.4 is 0 Å². The molecular weight excluding hydrogens is 296 g/mol. The normalized spacial score (nSPS) is 12.9. The molecule has 1 aromatic heterocycles. The quantitative estimate of drug-likeness (QED) is 0.793. The van der Waals surface area contributed by atoms with E-state index in [1.54, 1.807) is 38.6 Å². The van der Waals surface area contributed by atoms with E-state index < -0.39 is 23.6 Å². The fourth-order valence-corrected chi connectivity index (χ4v) is 2.30. The number of rotatable bonds is 5. The molecule has 0 amide bonds. The highest BCUT2D eigenvalue weighted by molar-refractivity contribution is 5.84. The Morgan fingerprint density at radius 3 is 2.61 bits per heavy atom. The lowest BCUT2D eigenvalue weighted by atomic mass is 10.1. The molecular formula is C17H22N2O4. The van der Waals surface area contributed by atoms with E-state index in [2.05, 4.69) is 4.98 Å². The number of imidazole rings is 1. The Morgan fingerprint density at radius 2 is 1.96 bits per heavy atom. The molecule has 0 N–H and O–H groups in total. The van der Waals surface area contributed by atoms with Crippen LogP contribution >= 0.6 is 0 Å². The molecule has 0 aliphatic rings. The van der Waals surface area contributed by atoms with Crippen molar-refractivity contribution in [2.45, 2.75) is 45.8 Å². The monoisotopic (exact) mass is 318 g/mol. The van der Waals surface area contributed by atoms with Gasteiger partial charge in [-0.15, -0.1) is 0 Å². The zero-order chi connectivity index (χ0) is 17.0. The highest BCUT2D eigenvalue weighted by Crippen LogP contribution is 2.23. The summed E-state index contributed by atoms with van der Waals surface area (Å²) < 4.78 is 12.1. The number of ether oxygens (including phenoxy) is 2. The molecule has 6 heteroatoms. The molecule has 2 aromatic rings. The Bertz CT molecular complexity index is 700. The van der Waals surface area contributed by atoms with Gasteiger partial charge in [-0.05, 0) is 39.8 Å². The first-order chi connectivity index (χ1) is 10.8. The number of hydrogen-bond donors (Lipinski definition) is 0. The maximum Gasteiger partial charge on any atom is 0.329 e. The highest BCUT2D eigenvalue weighted by Gasteiger charge is 2.29. The Balaban J connectivity index is 2.31. The van der Waals surface area contributed by atoms with Crippen LogP contribution in [-0.4, -0.2) is 33.7 Å². The Morgan fingerprint density at radius 1 is 1.26 bits per heavy atom. The summed E-state index contributed by atoms with van der Waals surface area (Å²) in [6.07, 6.45) is 1.45. The fraction of sp³-hybridized carbons (Fsp3) is 0.471. The van der Waals surface area contributed by atoms with Crippen molar-refractivity contribution in [2.24, 2.45) is 0 Å². The van der Waals surface area contributed by atoms with Gasteiger partial charge in [0, 0.05) is 0 Å². The van der Waals surface area contributed by atoms with Gasteiger partial charge in [0.25, 0.3) is 0 Å². The fourth-order valence-electron chi connectivity index (χ4n) is 2.30. The molecule has 1 aromatic carbocycles. The van der Waals surface area contributed by atoms with E-state index in [9.17, 15) is 9.59 Å². The Hall–Kier alpha value is -2.37.